The first-order valence-electron chi connectivity index (χ1n) is 4.24. The van der Waals surface area contributed by atoms with E-state index in [1.807, 2.05) is 6.07 Å². The Hall–Kier alpha value is -0.550. The lowest BCUT2D eigenvalue weighted by atomic mass is 10.1. The molecule has 1 aromatic carbocycles. The first-order chi connectivity index (χ1) is 6.70. The van der Waals surface area contributed by atoms with Crippen molar-refractivity contribution in [3.63, 3.8) is 0 Å². The Labute approximate surface area is 94.2 Å². The second-order valence-electron chi connectivity index (χ2n) is 3.06. The van der Waals surface area contributed by atoms with Gasteiger partial charge in [-0.25, -0.2) is 0 Å². The van der Waals surface area contributed by atoms with Gasteiger partial charge in [0.25, 0.3) is 5.69 Å². The van der Waals surface area contributed by atoms with Gasteiger partial charge >= 0.3 is 0 Å². The van der Waals surface area contributed by atoms with Crippen LogP contribution in [0, 0.1) is 10.1 Å². The van der Waals surface area contributed by atoms with Crippen LogP contribution in [0.25, 0.3) is 0 Å². The van der Waals surface area contributed by atoms with Crippen molar-refractivity contribution >= 4 is 33.4 Å². The second kappa shape index (κ2) is 3.90. The molecule has 0 spiro atoms. The van der Waals surface area contributed by atoms with E-state index in [9.17, 15) is 10.1 Å². The van der Waals surface area contributed by atoms with Crippen LogP contribution < -0.4 is 0 Å². The highest BCUT2D eigenvalue weighted by Crippen LogP contribution is 2.44. The summed E-state index contributed by atoms with van der Waals surface area (Å²) in [6.07, 6.45) is 1.03. The van der Waals surface area contributed by atoms with Gasteiger partial charge in [0, 0.05) is 10.9 Å². The Morgan fingerprint density at radius 1 is 1.57 bits per heavy atom. The molecule has 0 aromatic heterocycles. The molecule has 0 amide bonds. The maximum absolute atomic E-state index is 10.8. The SMILES string of the molecule is O=[N+]([O-])c1cccc2c1SCCC2Br. The van der Waals surface area contributed by atoms with Crippen molar-refractivity contribution in [2.45, 2.75) is 16.1 Å². The monoisotopic (exact) mass is 273 g/mol. The lowest BCUT2D eigenvalue weighted by molar-refractivity contribution is -0.387. The van der Waals surface area contributed by atoms with Crippen molar-refractivity contribution in [2.75, 3.05) is 5.75 Å². The number of alkyl halides is 1. The number of hydrogen-bond acceptors (Lipinski definition) is 3. The number of nitro groups is 1. The average Bonchev–Trinajstić information content (AvgIpc) is 2.17. The summed E-state index contributed by atoms with van der Waals surface area (Å²) in [7, 11) is 0. The molecule has 1 aliphatic rings. The molecule has 14 heavy (non-hydrogen) atoms. The van der Waals surface area contributed by atoms with Crippen molar-refractivity contribution < 1.29 is 4.92 Å². The number of fused-ring (bicyclic) bond motifs is 1. The first-order valence-corrected chi connectivity index (χ1v) is 6.14. The Kier molecular flexibility index (Phi) is 2.78. The van der Waals surface area contributed by atoms with Crippen molar-refractivity contribution in [3.05, 3.63) is 33.9 Å². The number of benzene rings is 1. The van der Waals surface area contributed by atoms with E-state index in [4.69, 9.17) is 0 Å². The molecule has 1 unspecified atom stereocenters. The summed E-state index contributed by atoms with van der Waals surface area (Å²) in [4.78, 5) is 11.5. The quantitative estimate of drug-likeness (QED) is 0.447. The Morgan fingerprint density at radius 2 is 2.36 bits per heavy atom. The molecule has 74 valence electrons. The molecule has 1 heterocycles. The van der Waals surface area contributed by atoms with Gasteiger partial charge in [0.15, 0.2) is 0 Å². The van der Waals surface area contributed by atoms with Gasteiger partial charge in [-0.3, -0.25) is 10.1 Å². The van der Waals surface area contributed by atoms with E-state index in [0.29, 0.717) is 0 Å². The molecule has 1 atom stereocenters. The van der Waals surface area contributed by atoms with Gasteiger partial charge in [-0.05, 0) is 17.7 Å². The average molecular weight is 274 g/mol. The van der Waals surface area contributed by atoms with Crippen molar-refractivity contribution in [3.8, 4) is 0 Å². The van der Waals surface area contributed by atoms with E-state index in [2.05, 4.69) is 15.9 Å². The van der Waals surface area contributed by atoms with Crippen LogP contribution in [0.2, 0.25) is 0 Å². The van der Waals surface area contributed by atoms with Crippen molar-refractivity contribution in [2.24, 2.45) is 0 Å². The lowest BCUT2D eigenvalue weighted by Crippen LogP contribution is -2.04. The van der Waals surface area contributed by atoms with E-state index < -0.39 is 0 Å². The summed E-state index contributed by atoms with van der Waals surface area (Å²) in [5.74, 6) is 0.938. The minimum atomic E-state index is -0.309. The van der Waals surface area contributed by atoms with Crippen LogP contribution in [0.3, 0.4) is 0 Å². The van der Waals surface area contributed by atoms with Gasteiger partial charge in [0.05, 0.1) is 9.82 Å². The lowest BCUT2D eigenvalue weighted by Gasteiger charge is -2.19. The highest BCUT2D eigenvalue weighted by molar-refractivity contribution is 9.09. The summed E-state index contributed by atoms with van der Waals surface area (Å²) in [6, 6.07) is 5.27. The fourth-order valence-corrected chi connectivity index (χ4v) is 3.80. The molecule has 0 bridgehead atoms. The number of nitrogens with zero attached hydrogens (tertiary/aromatic N) is 1. The first kappa shape index (κ1) is 9.98. The predicted molar refractivity (Wildman–Crippen MR) is 60.1 cm³/mol. The third kappa shape index (κ3) is 1.66. The van der Waals surface area contributed by atoms with Crippen LogP contribution in [-0.4, -0.2) is 10.7 Å². The van der Waals surface area contributed by atoms with Crippen LogP contribution in [0.1, 0.15) is 16.8 Å². The molecule has 2 rings (SSSR count). The molecule has 1 aliphatic heterocycles. The topological polar surface area (TPSA) is 43.1 Å². The fraction of sp³-hybridized carbons (Fsp3) is 0.333. The zero-order valence-corrected chi connectivity index (χ0v) is 9.68. The molecule has 5 heteroatoms. The number of halogens is 1. The van der Waals surface area contributed by atoms with Gasteiger partial charge in [-0.2, -0.15) is 0 Å². The Bertz CT molecular complexity index is 383. The Balaban J connectivity index is 2.55. The third-order valence-electron chi connectivity index (χ3n) is 2.18. The number of nitro benzene ring substituents is 1. The molecule has 0 saturated carbocycles. The van der Waals surface area contributed by atoms with E-state index >= 15 is 0 Å². The highest BCUT2D eigenvalue weighted by atomic mass is 79.9. The minimum absolute atomic E-state index is 0.233. The van der Waals surface area contributed by atoms with Crippen molar-refractivity contribution in [1.29, 1.82) is 0 Å². The van der Waals surface area contributed by atoms with E-state index in [0.717, 1.165) is 22.6 Å². The minimum Gasteiger partial charge on any atom is -0.258 e. The standard InChI is InChI=1S/C9H8BrNO2S/c10-7-4-5-14-9-6(7)2-1-3-8(9)11(12)13/h1-3,7H,4-5H2. The summed E-state index contributed by atoms with van der Waals surface area (Å²) < 4.78 is 0. The van der Waals surface area contributed by atoms with E-state index in [-0.39, 0.29) is 15.4 Å². The predicted octanol–water partition coefficient (Wildman–Crippen LogP) is 3.53. The molecule has 0 N–H and O–H groups in total. The number of hydrogen-bond donors (Lipinski definition) is 0. The summed E-state index contributed by atoms with van der Waals surface area (Å²) in [6.45, 7) is 0. The fourth-order valence-electron chi connectivity index (χ4n) is 1.51. The van der Waals surface area contributed by atoms with Gasteiger partial charge in [0.2, 0.25) is 0 Å². The molecule has 0 radical (unpaired) electrons. The molecular weight excluding hydrogens is 266 g/mol. The van der Waals surface area contributed by atoms with Crippen LogP contribution in [-0.2, 0) is 0 Å². The third-order valence-corrected chi connectivity index (χ3v) is 4.30. The zero-order chi connectivity index (χ0) is 10.1. The van der Waals surface area contributed by atoms with Gasteiger partial charge < -0.3 is 0 Å². The summed E-state index contributed by atoms with van der Waals surface area (Å²) in [5.41, 5.74) is 1.28. The molecule has 0 aliphatic carbocycles. The van der Waals surface area contributed by atoms with Crippen molar-refractivity contribution in [1.82, 2.24) is 0 Å². The van der Waals surface area contributed by atoms with E-state index in [1.165, 1.54) is 0 Å². The molecular formula is C9H8BrNO2S. The Morgan fingerprint density at radius 3 is 3.07 bits per heavy atom. The highest BCUT2D eigenvalue weighted by Gasteiger charge is 2.25. The largest absolute Gasteiger partial charge is 0.283 e. The van der Waals surface area contributed by atoms with Gasteiger partial charge in [-0.15, -0.1) is 11.8 Å². The number of rotatable bonds is 1. The van der Waals surface area contributed by atoms with Gasteiger partial charge in [0.1, 0.15) is 0 Å². The van der Waals surface area contributed by atoms with Crippen LogP contribution >= 0.6 is 27.7 Å². The maximum Gasteiger partial charge on any atom is 0.283 e. The molecule has 3 nitrogen and oxygen atoms in total. The van der Waals surface area contributed by atoms with Crippen LogP contribution in [0.5, 0.6) is 0 Å². The second-order valence-corrected chi connectivity index (χ2v) is 5.27. The zero-order valence-electron chi connectivity index (χ0n) is 7.27. The van der Waals surface area contributed by atoms with E-state index in [1.54, 1.807) is 23.9 Å². The molecule has 0 fully saturated rings. The summed E-state index contributed by atoms with van der Waals surface area (Å²) in [5, 5.41) is 10.8. The normalized spacial score (nSPS) is 20.2. The molecule has 1 aromatic rings. The molecule has 0 saturated heterocycles. The smallest absolute Gasteiger partial charge is 0.258 e. The van der Waals surface area contributed by atoms with Crippen LogP contribution in [0.15, 0.2) is 23.1 Å². The van der Waals surface area contributed by atoms with Crippen LogP contribution in [0.4, 0.5) is 5.69 Å². The summed E-state index contributed by atoms with van der Waals surface area (Å²) >= 11 is 5.11. The number of thioether (sulfide) groups is 1. The van der Waals surface area contributed by atoms with Gasteiger partial charge in [-0.1, -0.05) is 28.1 Å². The maximum atomic E-state index is 10.8.